The number of hydrogen-bond donors (Lipinski definition) is 0. The van der Waals surface area contributed by atoms with Crippen LogP contribution in [0.25, 0.3) is 0 Å². The number of rotatable bonds is 20. The Kier molecular flexibility index (Phi) is 19.3. The average molecular weight is 804 g/mol. The summed E-state index contributed by atoms with van der Waals surface area (Å²) in [6.07, 6.45) is 26.7. The standard InChI is InChI=1S/C33H54O4.3C4H9.Sn/c1-22(2)9-8-10-23(3)27-15-16-28-26-14-13-24-21-25(37-31(36)12-7-6-11-30(34)35)17-19-32(24,4)29(26)18-20-33(27,28)5;3*1-3-4-2;/h13,22-23,25-29H,6-12,14-21H2,1-5H3,(H,34,35);3*1,3-4H2,2H3;/q;;;;+1/p-1/t23-,25+,26+,27-,28+,29+,32+,33-;;;;/m1..../s1. The van der Waals surface area contributed by atoms with Gasteiger partial charge in [-0.3, -0.25) is 4.79 Å². The van der Waals surface area contributed by atoms with Crippen LogP contribution in [0.15, 0.2) is 11.6 Å². The van der Waals surface area contributed by atoms with E-state index in [2.05, 4.69) is 61.5 Å². The molecule has 0 bridgehead atoms. The molecule has 0 spiro atoms. The Morgan fingerprint density at radius 3 is 2.06 bits per heavy atom. The van der Waals surface area contributed by atoms with Gasteiger partial charge in [-0.2, -0.15) is 0 Å². The summed E-state index contributed by atoms with van der Waals surface area (Å²) in [5, 5.41) is 10.6. The fraction of sp³-hybridized carbons (Fsp3) is 0.911. The van der Waals surface area contributed by atoms with Gasteiger partial charge in [0, 0.05) is 18.8 Å². The first kappa shape index (κ1) is 43.9. The van der Waals surface area contributed by atoms with Gasteiger partial charge in [0.1, 0.15) is 6.10 Å². The quantitative estimate of drug-likeness (QED) is 0.0532. The van der Waals surface area contributed by atoms with Gasteiger partial charge in [0.05, 0.1) is 0 Å². The van der Waals surface area contributed by atoms with Crippen molar-refractivity contribution in [2.45, 2.75) is 210 Å². The Morgan fingerprint density at radius 1 is 0.820 bits per heavy atom. The predicted molar refractivity (Wildman–Crippen MR) is 211 cm³/mol. The van der Waals surface area contributed by atoms with E-state index in [0.717, 1.165) is 54.8 Å². The molecule has 4 aliphatic rings. The summed E-state index contributed by atoms with van der Waals surface area (Å²) >= 11 is -0.839. The van der Waals surface area contributed by atoms with Gasteiger partial charge in [0.15, 0.2) is 0 Å². The van der Waals surface area contributed by atoms with Crippen LogP contribution in [0, 0.1) is 46.3 Å². The van der Waals surface area contributed by atoms with Crippen molar-refractivity contribution in [3.05, 3.63) is 11.6 Å². The maximum atomic E-state index is 12.4. The van der Waals surface area contributed by atoms with Crippen LogP contribution in [-0.4, -0.2) is 37.8 Å². The molecule has 4 aliphatic carbocycles. The zero-order chi connectivity index (χ0) is 36.7. The third-order valence-electron chi connectivity index (χ3n) is 14.2. The molecule has 4 rings (SSSR count). The van der Waals surface area contributed by atoms with Gasteiger partial charge in [-0.05, 0) is 111 Å². The fourth-order valence-electron chi connectivity index (χ4n) is 11.2. The van der Waals surface area contributed by atoms with Crippen LogP contribution in [0.2, 0.25) is 13.3 Å². The van der Waals surface area contributed by atoms with Crippen molar-refractivity contribution in [3.63, 3.8) is 0 Å². The number of hydrogen-bond acceptors (Lipinski definition) is 4. The predicted octanol–water partition coefficient (Wildman–Crippen LogP) is 12.1. The molecule has 3 fully saturated rings. The van der Waals surface area contributed by atoms with E-state index >= 15 is 0 Å². The van der Waals surface area contributed by atoms with Gasteiger partial charge in [-0.15, -0.1) is 0 Å². The van der Waals surface area contributed by atoms with Gasteiger partial charge in [0.25, 0.3) is 0 Å². The first-order chi connectivity index (χ1) is 23.9. The molecule has 0 aromatic rings. The van der Waals surface area contributed by atoms with E-state index < -0.39 is 25.7 Å². The molecule has 0 aromatic heterocycles. The number of ether oxygens (including phenoxy) is 1. The molecule has 0 amide bonds. The van der Waals surface area contributed by atoms with Gasteiger partial charge >= 0.3 is 98.3 Å². The van der Waals surface area contributed by atoms with E-state index in [1.807, 2.05) is 0 Å². The number of fused-ring (bicyclic) bond motifs is 5. The first-order valence-corrected chi connectivity index (χ1v) is 27.9. The third kappa shape index (κ3) is 12.5. The van der Waals surface area contributed by atoms with E-state index in [4.69, 9.17) is 4.74 Å². The summed E-state index contributed by atoms with van der Waals surface area (Å²) in [7, 11) is 0. The first-order valence-electron chi connectivity index (χ1n) is 21.8. The number of carboxylic acids is 1. The second-order valence-electron chi connectivity index (χ2n) is 18.3. The second kappa shape index (κ2) is 22.0. The van der Waals surface area contributed by atoms with E-state index in [1.54, 1.807) is 18.9 Å². The number of carboxylic acid groups (broad SMARTS) is 1. The Balaban J connectivity index is 0.000000442. The van der Waals surface area contributed by atoms with Crippen molar-refractivity contribution in [2.24, 2.45) is 46.3 Å². The molecule has 0 heterocycles. The Bertz CT molecular complexity index is 1020. The fourth-order valence-corrected chi connectivity index (χ4v) is 20.6. The van der Waals surface area contributed by atoms with Crippen LogP contribution in [0.5, 0.6) is 0 Å². The summed E-state index contributed by atoms with van der Waals surface area (Å²) < 4.78 is 10.9. The number of aliphatic carboxylic acids is 1. The van der Waals surface area contributed by atoms with Crippen LogP contribution in [0.3, 0.4) is 0 Å². The van der Waals surface area contributed by atoms with Crippen molar-refractivity contribution in [2.75, 3.05) is 0 Å². The van der Waals surface area contributed by atoms with Crippen LogP contribution in [-0.2, 0) is 14.3 Å². The van der Waals surface area contributed by atoms with Crippen LogP contribution >= 0.6 is 0 Å². The van der Waals surface area contributed by atoms with Crippen molar-refractivity contribution < 1.29 is 19.4 Å². The molecule has 288 valence electrons. The summed E-state index contributed by atoms with van der Waals surface area (Å²) in [4.78, 5) is 22.9. The number of esters is 1. The maximum absolute atomic E-state index is 12.4. The molecule has 3 saturated carbocycles. The Morgan fingerprint density at radius 2 is 1.46 bits per heavy atom. The second-order valence-corrected chi connectivity index (χ2v) is 26.8. The van der Waals surface area contributed by atoms with Gasteiger partial charge in [-0.25, -0.2) is 0 Å². The zero-order valence-corrected chi connectivity index (χ0v) is 37.1. The third-order valence-corrected chi connectivity index (χ3v) is 23.3. The van der Waals surface area contributed by atoms with Gasteiger partial charge in [-0.1, -0.05) is 65.5 Å². The van der Waals surface area contributed by atoms with Crippen LogP contribution < -0.4 is 5.11 Å². The topological polar surface area (TPSA) is 66.4 Å². The molecule has 0 aromatic carbocycles. The molecular formula is C45H80O4Sn. The van der Waals surface area contributed by atoms with Gasteiger partial charge in [0.2, 0.25) is 0 Å². The van der Waals surface area contributed by atoms with Crippen LogP contribution in [0.1, 0.15) is 190 Å². The molecule has 5 heteroatoms. The number of unbranched alkanes of at least 4 members (excludes halogenated alkanes) is 4. The zero-order valence-electron chi connectivity index (χ0n) is 34.2. The van der Waals surface area contributed by atoms with E-state index in [1.165, 1.54) is 89.9 Å². The van der Waals surface area contributed by atoms with E-state index in [0.29, 0.717) is 24.7 Å². The monoisotopic (exact) mass is 805 g/mol. The van der Waals surface area contributed by atoms with Crippen molar-refractivity contribution >= 4 is 31.7 Å². The summed E-state index contributed by atoms with van der Waals surface area (Å²) in [5.74, 6) is 3.81. The Hall–Kier alpha value is -0.521. The van der Waals surface area contributed by atoms with Crippen molar-refractivity contribution in [1.29, 1.82) is 0 Å². The summed E-state index contributed by atoms with van der Waals surface area (Å²) in [5.41, 5.74) is 2.33. The molecule has 0 N–H and O–H groups in total. The molecule has 0 unspecified atom stereocenters. The molecule has 0 radical (unpaired) electrons. The minimum absolute atomic E-state index is 0.0130. The molecular weight excluding hydrogens is 723 g/mol. The van der Waals surface area contributed by atoms with Crippen molar-refractivity contribution in [1.82, 2.24) is 0 Å². The Labute approximate surface area is 317 Å². The van der Waals surface area contributed by atoms with Crippen molar-refractivity contribution in [3.8, 4) is 0 Å². The van der Waals surface area contributed by atoms with Crippen LogP contribution in [0.4, 0.5) is 0 Å². The number of carbonyl (C=O) groups is 2. The minimum atomic E-state index is -1.05. The summed E-state index contributed by atoms with van der Waals surface area (Å²) in [6.45, 7) is 19.4. The van der Waals surface area contributed by atoms with E-state index in [9.17, 15) is 14.7 Å². The summed E-state index contributed by atoms with van der Waals surface area (Å²) in [6, 6.07) is 0. The normalized spacial score (nSPS) is 30.7. The molecule has 8 atom stereocenters. The SMILES string of the molecule is CC(C)CCC[C@@H](C)[C@H]1CC[C@H]2[C@@H]3CC=C4C[C@@H](OC(=O)CCCCC(=O)[O-])CC[C@]4(C)[C@H]3CC[C@]12C.CCC[CH2][Sn+]([CH2]CCC)[CH2]CCC. The number of allylic oxidation sites excluding steroid dienone is 1. The number of carbonyl (C=O) groups excluding carboxylic acids is 2. The average Bonchev–Trinajstić information content (AvgIpc) is 3.44. The molecule has 0 saturated heterocycles. The van der Waals surface area contributed by atoms with Gasteiger partial charge < -0.3 is 14.6 Å². The van der Waals surface area contributed by atoms with E-state index in [-0.39, 0.29) is 23.9 Å². The molecule has 0 aliphatic heterocycles. The molecule has 50 heavy (non-hydrogen) atoms. The molecule has 4 nitrogen and oxygen atoms in total.